The molecule has 6 aromatic carbocycles. The van der Waals surface area contributed by atoms with Gasteiger partial charge in [0.15, 0.2) is 6.20 Å². The molecular formula is C59H63BN3+. The van der Waals surface area contributed by atoms with Gasteiger partial charge in [-0.2, -0.15) is 0 Å². The highest BCUT2D eigenvalue weighted by Gasteiger charge is 2.43. The molecule has 2 aliphatic heterocycles. The molecule has 4 heteroatoms. The van der Waals surface area contributed by atoms with Crippen LogP contribution in [0.25, 0.3) is 49.9 Å². The number of rotatable bonds is 3. The number of anilines is 3. The molecule has 10 rings (SSSR count). The fraction of sp³-hybridized carbons (Fsp3) is 0.305. The van der Waals surface area contributed by atoms with Crippen molar-refractivity contribution >= 4 is 62.0 Å². The first-order chi connectivity index (χ1) is 29.6. The molecular weight excluding hydrogens is 761 g/mol. The van der Waals surface area contributed by atoms with Gasteiger partial charge in [0.25, 0.3) is 6.71 Å². The minimum Gasteiger partial charge on any atom is -0.311 e. The molecule has 0 unspecified atom stereocenters. The Kier molecular flexibility index (Phi) is 9.03. The van der Waals surface area contributed by atoms with E-state index in [2.05, 4.69) is 239 Å². The molecule has 2 aromatic heterocycles. The first-order valence-electron chi connectivity index (χ1n) is 23.0. The fourth-order valence-electron chi connectivity index (χ4n) is 10.4. The van der Waals surface area contributed by atoms with Crippen LogP contribution in [0.1, 0.15) is 111 Å². The lowest BCUT2D eigenvalue weighted by Crippen LogP contribution is -2.60. The van der Waals surface area contributed by atoms with Gasteiger partial charge < -0.3 is 9.47 Å². The average molecular weight is 825 g/mol. The number of aromatic nitrogens is 2. The summed E-state index contributed by atoms with van der Waals surface area (Å²) in [4.78, 5) is 2.58. The number of pyridine rings is 1. The van der Waals surface area contributed by atoms with Crippen LogP contribution in [0.5, 0.6) is 0 Å². The smallest absolute Gasteiger partial charge is 0.252 e. The Bertz CT molecular complexity index is 3170. The van der Waals surface area contributed by atoms with Crippen molar-refractivity contribution < 1.29 is 4.57 Å². The molecule has 0 amide bonds. The van der Waals surface area contributed by atoms with E-state index in [1.807, 2.05) is 0 Å². The van der Waals surface area contributed by atoms with E-state index in [4.69, 9.17) is 0 Å². The molecule has 0 bridgehead atoms. The fourth-order valence-corrected chi connectivity index (χ4v) is 10.4. The maximum atomic E-state index is 2.64. The van der Waals surface area contributed by atoms with Gasteiger partial charge in [-0.05, 0) is 145 Å². The average Bonchev–Trinajstić information content (AvgIpc) is 3.55. The maximum absolute atomic E-state index is 2.64. The first kappa shape index (κ1) is 41.2. The van der Waals surface area contributed by atoms with Crippen molar-refractivity contribution in [3.05, 3.63) is 155 Å². The molecule has 0 fully saturated rings. The Balaban J connectivity index is 1.35. The second kappa shape index (κ2) is 13.8. The molecule has 8 aromatic rings. The summed E-state index contributed by atoms with van der Waals surface area (Å²) in [5.41, 5.74) is 23.3. The highest BCUT2D eigenvalue weighted by atomic mass is 15.2. The number of aryl methyl sites for hydroxylation is 2. The van der Waals surface area contributed by atoms with Crippen molar-refractivity contribution in [3.8, 4) is 28.1 Å². The summed E-state index contributed by atoms with van der Waals surface area (Å²) in [5.74, 6) is 0. The molecule has 63 heavy (non-hydrogen) atoms. The van der Waals surface area contributed by atoms with Crippen LogP contribution in [0.15, 0.2) is 128 Å². The van der Waals surface area contributed by atoms with Crippen LogP contribution in [0.2, 0.25) is 0 Å². The lowest BCUT2D eigenvalue weighted by molar-refractivity contribution is -0.660. The number of benzene rings is 6. The number of fused-ring (bicyclic) bond motifs is 7. The van der Waals surface area contributed by atoms with Crippen molar-refractivity contribution in [1.82, 2.24) is 4.57 Å². The van der Waals surface area contributed by atoms with Crippen molar-refractivity contribution in [3.63, 3.8) is 0 Å². The molecule has 0 N–H and O–H groups in total. The maximum Gasteiger partial charge on any atom is 0.252 e. The topological polar surface area (TPSA) is 12.1 Å². The zero-order chi connectivity index (χ0) is 44.7. The van der Waals surface area contributed by atoms with Crippen molar-refractivity contribution in [2.24, 2.45) is 7.05 Å². The molecule has 316 valence electrons. The van der Waals surface area contributed by atoms with E-state index in [1.165, 1.54) is 111 Å². The number of nitrogens with zero attached hydrogens (tertiary/aromatic N) is 3. The molecule has 0 saturated heterocycles. The number of hydrogen-bond acceptors (Lipinski definition) is 1. The van der Waals surface area contributed by atoms with Gasteiger partial charge in [0.1, 0.15) is 7.05 Å². The molecule has 2 aliphatic rings. The third-order valence-corrected chi connectivity index (χ3v) is 14.2. The molecule has 0 radical (unpaired) electrons. The van der Waals surface area contributed by atoms with E-state index in [0.717, 1.165) is 0 Å². The van der Waals surface area contributed by atoms with Crippen LogP contribution in [0.3, 0.4) is 0 Å². The Morgan fingerprint density at radius 3 is 1.75 bits per heavy atom. The highest BCUT2D eigenvalue weighted by molar-refractivity contribution is 7.00. The van der Waals surface area contributed by atoms with Gasteiger partial charge in [0, 0.05) is 56.7 Å². The van der Waals surface area contributed by atoms with Gasteiger partial charge in [-0.1, -0.05) is 132 Å². The summed E-state index contributed by atoms with van der Waals surface area (Å²) in [7, 11) is 2.13. The van der Waals surface area contributed by atoms with E-state index in [1.54, 1.807) is 0 Å². The van der Waals surface area contributed by atoms with E-state index < -0.39 is 0 Å². The second-order valence-corrected chi connectivity index (χ2v) is 22.8. The zero-order valence-corrected chi connectivity index (χ0v) is 40.0. The van der Waals surface area contributed by atoms with Crippen molar-refractivity contribution in [2.45, 2.75) is 112 Å². The van der Waals surface area contributed by atoms with Crippen molar-refractivity contribution in [1.29, 1.82) is 0 Å². The minimum absolute atomic E-state index is 0.0164. The molecule has 0 aliphatic carbocycles. The summed E-state index contributed by atoms with van der Waals surface area (Å²) in [6.45, 7) is 30.4. The zero-order valence-electron chi connectivity index (χ0n) is 40.0. The van der Waals surface area contributed by atoms with E-state index >= 15 is 0 Å². The van der Waals surface area contributed by atoms with Gasteiger partial charge in [0.05, 0.1) is 5.52 Å². The monoisotopic (exact) mass is 825 g/mol. The molecule has 0 atom stereocenters. The quantitative estimate of drug-likeness (QED) is 0.128. The predicted octanol–water partition coefficient (Wildman–Crippen LogP) is 13.1. The standard InChI is InChI=1S/C59H63BN3/c1-36-29-37(18-25-44(36)49-17-15-16-28-61(49)14)38-30-52-54-53(31-38)63-50-26-21-40(57(5,6)7)32-45(50)46-33-42(59(11,12)13)35-48(55(46)63)60(54)47-34-41(58(8,9)10)22-27-51(47)62(52)43-23-19-39(20-24-43)56(2,3)4/h15-35H,1-14H3/q+1. The van der Waals surface area contributed by atoms with Gasteiger partial charge >= 0.3 is 0 Å². The molecule has 0 saturated carbocycles. The first-order valence-corrected chi connectivity index (χ1v) is 23.0. The predicted molar refractivity (Wildman–Crippen MR) is 272 cm³/mol. The lowest BCUT2D eigenvalue weighted by Gasteiger charge is -2.41. The summed E-state index contributed by atoms with van der Waals surface area (Å²) < 4.78 is 4.86. The van der Waals surface area contributed by atoms with Crippen molar-refractivity contribution in [2.75, 3.05) is 4.90 Å². The minimum atomic E-state index is -0.0415. The third kappa shape index (κ3) is 6.58. The van der Waals surface area contributed by atoms with Crippen LogP contribution >= 0.6 is 0 Å². The molecule has 4 heterocycles. The normalized spacial score (nSPS) is 13.8. The van der Waals surface area contributed by atoms with Crippen LogP contribution < -0.4 is 25.9 Å². The van der Waals surface area contributed by atoms with Gasteiger partial charge in [-0.25, -0.2) is 4.57 Å². The second-order valence-electron chi connectivity index (χ2n) is 22.8. The van der Waals surface area contributed by atoms with Gasteiger partial charge in [-0.15, -0.1) is 0 Å². The Hall–Kier alpha value is -5.87. The molecule has 3 nitrogen and oxygen atoms in total. The summed E-state index contributed by atoms with van der Waals surface area (Å²) in [6.07, 6.45) is 2.13. The van der Waals surface area contributed by atoms with Crippen LogP contribution in [-0.4, -0.2) is 11.3 Å². The Morgan fingerprint density at radius 1 is 0.492 bits per heavy atom. The lowest BCUT2D eigenvalue weighted by atomic mass is 9.33. The van der Waals surface area contributed by atoms with E-state index in [9.17, 15) is 0 Å². The van der Waals surface area contributed by atoms with E-state index in [-0.39, 0.29) is 28.4 Å². The van der Waals surface area contributed by atoms with Crippen LogP contribution in [-0.2, 0) is 28.7 Å². The van der Waals surface area contributed by atoms with Crippen LogP contribution in [0.4, 0.5) is 17.1 Å². The Morgan fingerprint density at radius 2 is 1.10 bits per heavy atom. The summed E-state index contributed by atoms with van der Waals surface area (Å²) >= 11 is 0. The summed E-state index contributed by atoms with van der Waals surface area (Å²) in [5, 5.41) is 2.68. The van der Waals surface area contributed by atoms with E-state index in [0.29, 0.717) is 0 Å². The Labute approximate surface area is 376 Å². The molecule has 0 spiro atoms. The highest BCUT2D eigenvalue weighted by Crippen LogP contribution is 2.46. The van der Waals surface area contributed by atoms with Gasteiger partial charge in [-0.3, -0.25) is 0 Å². The SMILES string of the molecule is Cc1cc(-c2cc3c4c(c2)-n2c5ccc(C(C)(C)C)cc5c5cc(C(C)(C)C)cc(c52)B4c2cc(C(C)(C)C)ccc2N3c2ccc(C(C)(C)C)cc2)ccc1-c1cccc[n+]1C. The van der Waals surface area contributed by atoms with Crippen LogP contribution in [0, 0.1) is 6.92 Å². The number of hydrogen-bond donors (Lipinski definition) is 0. The largest absolute Gasteiger partial charge is 0.311 e. The summed E-state index contributed by atoms with van der Waals surface area (Å²) in [6, 6.07) is 47.6. The van der Waals surface area contributed by atoms with Gasteiger partial charge in [0.2, 0.25) is 5.69 Å². The third-order valence-electron chi connectivity index (χ3n) is 14.2.